The third-order valence-electron chi connectivity index (χ3n) is 3.77. The van der Waals surface area contributed by atoms with Crippen LogP contribution in [-0.2, 0) is 9.53 Å². The van der Waals surface area contributed by atoms with Gasteiger partial charge in [-0.05, 0) is 37.2 Å². The topological polar surface area (TPSA) is 79.5 Å². The van der Waals surface area contributed by atoms with E-state index in [1.807, 2.05) is 0 Å². The van der Waals surface area contributed by atoms with Crippen molar-refractivity contribution in [1.82, 2.24) is 10.6 Å². The van der Waals surface area contributed by atoms with Crippen molar-refractivity contribution in [1.29, 1.82) is 0 Å². The van der Waals surface area contributed by atoms with E-state index in [1.165, 1.54) is 25.7 Å². The molecule has 0 fully saturated rings. The third kappa shape index (κ3) is 9.84. The van der Waals surface area contributed by atoms with E-state index in [9.17, 15) is 9.59 Å². The minimum atomic E-state index is -0.153. The van der Waals surface area contributed by atoms with E-state index < -0.39 is 0 Å². The smallest absolute Gasteiger partial charge is 0.251 e. The molecule has 0 aliphatic rings. The lowest BCUT2D eigenvalue weighted by atomic mass is 10.1. The van der Waals surface area contributed by atoms with Crippen LogP contribution in [0.5, 0.6) is 0 Å². The first-order chi connectivity index (χ1) is 12.2. The molecule has 2 amide bonds. The summed E-state index contributed by atoms with van der Waals surface area (Å²) in [6.45, 7) is 4.30. The number of ether oxygens (including phenoxy) is 1. The molecule has 140 valence electrons. The van der Waals surface area contributed by atoms with Crippen LogP contribution in [0.25, 0.3) is 0 Å². The fraction of sp³-hybridized carbons (Fsp3) is 0.579. The second-order valence-electron chi connectivity index (χ2n) is 5.97. The van der Waals surface area contributed by atoms with E-state index in [1.54, 1.807) is 31.4 Å². The second-order valence-corrected chi connectivity index (χ2v) is 5.97. The molecule has 6 heteroatoms. The molecule has 0 aliphatic heterocycles. The van der Waals surface area contributed by atoms with Crippen molar-refractivity contribution in [3.63, 3.8) is 0 Å². The molecule has 0 atom stereocenters. The van der Waals surface area contributed by atoms with Gasteiger partial charge in [-0.2, -0.15) is 0 Å². The summed E-state index contributed by atoms with van der Waals surface area (Å²) < 4.78 is 4.89. The Morgan fingerprint density at radius 2 is 1.72 bits per heavy atom. The molecule has 0 radical (unpaired) electrons. The van der Waals surface area contributed by atoms with Crippen LogP contribution in [-0.4, -0.2) is 45.2 Å². The van der Waals surface area contributed by atoms with E-state index >= 15 is 0 Å². The molecule has 0 saturated heterocycles. The number of hydrogen-bond acceptors (Lipinski definition) is 4. The Hall–Kier alpha value is -1.92. The molecular formula is C19H31N3O3. The summed E-state index contributed by atoms with van der Waals surface area (Å²) in [5.41, 5.74) is 1.24. The van der Waals surface area contributed by atoms with E-state index in [0.717, 1.165) is 13.0 Å². The molecule has 0 unspecified atom stereocenters. The molecule has 25 heavy (non-hydrogen) atoms. The minimum absolute atomic E-state index is 0.0779. The summed E-state index contributed by atoms with van der Waals surface area (Å²) in [5, 5.41) is 8.72. The lowest BCUT2D eigenvalue weighted by Crippen LogP contribution is -2.29. The molecule has 0 aliphatic carbocycles. The quantitative estimate of drug-likeness (QED) is 0.478. The summed E-state index contributed by atoms with van der Waals surface area (Å²) in [7, 11) is 1.59. The highest BCUT2D eigenvalue weighted by atomic mass is 16.5. The number of anilines is 1. The molecule has 1 rings (SSSR count). The number of amides is 2. The second kappa shape index (κ2) is 13.4. The van der Waals surface area contributed by atoms with Crippen LogP contribution in [0.15, 0.2) is 24.3 Å². The molecule has 0 spiro atoms. The van der Waals surface area contributed by atoms with Gasteiger partial charge in [-0.15, -0.1) is 0 Å². The van der Waals surface area contributed by atoms with Gasteiger partial charge >= 0.3 is 0 Å². The number of methoxy groups -OCH3 is 1. The summed E-state index contributed by atoms with van der Waals surface area (Å²) in [5.74, 6) is -0.231. The van der Waals surface area contributed by atoms with Gasteiger partial charge in [0.15, 0.2) is 0 Å². The fourth-order valence-corrected chi connectivity index (χ4v) is 2.33. The van der Waals surface area contributed by atoms with E-state index in [0.29, 0.717) is 30.9 Å². The molecule has 0 aromatic heterocycles. The zero-order valence-electron chi connectivity index (χ0n) is 15.4. The highest BCUT2D eigenvalue weighted by Gasteiger charge is 2.06. The van der Waals surface area contributed by atoms with Gasteiger partial charge in [0.05, 0.1) is 13.2 Å². The molecule has 6 nitrogen and oxygen atoms in total. The number of unbranched alkanes of at least 4 members (excludes halogenated alkanes) is 4. The van der Waals surface area contributed by atoms with Gasteiger partial charge in [0.25, 0.3) is 5.91 Å². The van der Waals surface area contributed by atoms with Crippen molar-refractivity contribution in [2.75, 3.05) is 38.7 Å². The average molecular weight is 349 g/mol. The first-order valence-corrected chi connectivity index (χ1v) is 9.05. The Morgan fingerprint density at radius 1 is 1.00 bits per heavy atom. The zero-order chi connectivity index (χ0) is 18.3. The lowest BCUT2D eigenvalue weighted by molar-refractivity contribution is -0.115. The molecule has 3 N–H and O–H groups in total. The number of nitrogens with one attached hydrogen (secondary N) is 3. The predicted octanol–water partition coefficient (Wildman–Crippen LogP) is 2.56. The number of carbonyl (C=O) groups excluding carboxylic acids is 2. The van der Waals surface area contributed by atoms with Crippen molar-refractivity contribution in [2.24, 2.45) is 0 Å². The van der Waals surface area contributed by atoms with Crippen LogP contribution in [0.2, 0.25) is 0 Å². The van der Waals surface area contributed by atoms with Crippen molar-refractivity contribution in [2.45, 2.75) is 39.0 Å². The highest BCUT2D eigenvalue weighted by Crippen LogP contribution is 2.09. The normalized spacial score (nSPS) is 10.5. The van der Waals surface area contributed by atoms with E-state index in [4.69, 9.17) is 4.74 Å². The molecule has 1 aromatic carbocycles. The van der Waals surface area contributed by atoms with Crippen LogP contribution in [0, 0.1) is 0 Å². The maximum atomic E-state index is 11.9. The molecule has 0 heterocycles. The van der Waals surface area contributed by atoms with Gasteiger partial charge in [0.1, 0.15) is 0 Å². The van der Waals surface area contributed by atoms with Crippen molar-refractivity contribution in [3.8, 4) is 0 Å². The SMILES string of the molecule is CCCCCCCNCC(=O)Nc1ccc(C(=O)NCCOC)cc1. The minimum Gasteiger partial charge on any atom is -0.383 e. The van der Waals surface area contributed by atoms with Crippen LogP contribution < -0.4 is 16.0 Å². The largest absolute Gasteiger partial charge is 0.383 e. The van der Waals surface area contributed by atoms with Crippen LogP contribution in [0.3, 0.4) is 0 Å². The van der Waals surface area contributed by atoms with Crippen molar-refractivity contribution < 1.29 is 14.3 Å². The lowest BCUT2D eigenvalue weighted by Gasteiger charge is -2.08. The Balaban J connectivity index is 2.23. The Kier molecular flexibility index (Phi) is 11.3. The monoisotopic (exact) mass is 349 g/mol. The predicted molar refractivity (Wildman–Crippen MR) is 101 cm³/mol. The van der Waals surface area contributed by atoms with Crippen LogP contribution in [0.4, 0.5) is 5.69 Å². The summed E-state index contributed by atoms with van der Waals surface area (Å²) in [6, 6.07) is 6.85. The van der Waals surface area contributed by atoms with Crippen molar-refractivity contribution in [3.05, 3.63) is 29.8 Å². The molecule has 1 aromatic rings. The van der Waals surface area contributed by atoms with Crippen molar-refractivity contribution >= 4 is 17.5 Å². The first-order valence-electron chi connectivity index (χ1n) is 9.05. The summed E-state index contributed by atoms with van der Waals surface area (Å²) in [4.78, 5) is 23.7. The standard InChI is InChI=1S/C19H31N3O3/c1-3-4-5-6-7-12-20-15-18(23)22-17-10-8-16(9-11-17)19(24)21-13-14-25-2/h8-11,20H,3-7,12-15H2,1-2H3,(H,21,24)(H,22,23). The maximum Gasteiger partial charge on any atom is 0.251 e. The van der Waals surface area contributed by atoms with Crippen LogP contribution in [0.1, 0.15) is 49.4 Å². The van der Waals surface area contributed by atoms with Gasteiger partial charge < -0.3 is 20.7 Å². The van der Waals surface area contributed by atoms with E-state index in [-0.39, 0.29) is 11.8 Å². The molecular weight excluding hydrogens is 318 g/mol. The fourth-order valence-electron chi connectivity index (χ4n) is 2.33. The zero-order valence-corrected chi connectivity index (χ0v) is 15.4. The van der Waals surface area contributed by atoms with Crippen LogP contribution >= 0.6 is 0 Å². The maximum absolute atomic E-state index is 11.9. The molecule has 0 bridgehead atoms. The average Bonchev–Trinajstić information content (AvgIpc) is 2.61. The summed E-state index contributed by atoms with van der Waals surface area (Å²) >= 11 is 0. The first kappa shape index (κ1) is 21.1. The number of benzene rings is 1. The van der Waals surface area contributed by atoms with Gasteiger partial charge in [-0.25, -0.2) is 0 Å². The van der Waals surface area contributed by atoms with Gasteiger partial charge in [0, 0.05) is 24.9 Å². The van der Waals surface area contributed by atoms with Gasteiger partial charge in [-0.3, -0.25) is 9.59 Å². The summed E-state index contributed by atoms with van der Waals surface area (Å²) in [6.07, 6.45) is 6.08. The van der Waals surface area contributed by atoms with Gasteiger partial charge in [-0.1, -0.05) is 32.6 Å². The third-order valence-corrected chi connectivity index (χ3v) is 3.77. The number of rotatable bonds is 13. The van der Waals surface area contributed by atoms with E-state index in [2.05, 4.69) is 22.9 Å². The molecule has 0 saturated carbocycles. The van der Waals surface area contributed by atoms with Gasteiger partial charge in [0.2, 0.25) is 5.91 Å². The number of carbonyl (C=O) groups is 2. The highest BCUT2D eigenvalue weighted by molar-refractivity contribution is 5.96. The number of hydrogen-bond donors (Lipinski definition) is 3. The Bertz CT molecular complexity index is 503. The Morgan fingerprint density at radius 3 is 2.40 bits per heavy atom. The Labute approximate surface area is 150 Å².